The fraction of sp³-hybridized carbons (Fsp3) is 0. The molecule has 0 N–H and O–H groups in total. The Morgan fingerprint density at radius 2 is 0.978 bits per heavy atom. The van der Waals surface area contributed by atoms with E-state index in [9.17, 15) is 0 Å². The molecule has 3 aromatic heterocycles. The number of nitrogens with zero attached hydrogens (tertiary/aromatic N) is 3. The molecular weight excluding hydrogens is 567 g/mol. The molecule has 4 heteroatoms. The van der Waals surface area contributed by atoms with Crippen LogP contribution in [0.1, 0.15) is 0 Å². The number of aromatic nitrogens is 3. The van der Waals surface area contributed by atoms with Crippen LogP contribution in [-0.2, 0) is 0 Å². The molecule has 0 aliphatic carbocycles. The molecule has 3 heterocycles. The van der Waals surface area contributed by atoms with Gasteiger partial charge < -0.3 is 0 Å². The molecule has 45 heavy (non-hydrogen) atoms. The highest BCUT2D eigenvalue weighted by atomic mass is 32.1. The first-order valence-electron chi connectivity index (χ1n) is 15.0. The molecule has 0 saturated carbocycles. The van der Waals surface area contributed by atoms with Crippen molar-refractivity contribution in [2.75, 3.05) is 0 Å². The van der Waals surface area contributed by atoms with Gasteiger partial charge >= 0.3 is 0 Å². The van der Waals surface area contributed by atoms with E-state index in [-0.39, 0.29) is 0 Å². The van der Waals surface area contributed by atoms with Crippen molar-refractivity contribution in [2.45, 2.75) is 0 Å². The van der Waals surface area contributed by atoms with Crippen LogP contribution < -0.4 is 0 Å². The normalized spacial score (nSPS) is 11.6. The summed E-state index contributed by atoms with van der Waals surface area (Å²) < 4.78 is 2.61. The maximum Gasteiger partial charge on any atom is 0.160 e. The molecule has 0 aliphatic heterocycles. The van der Waals surface area contributed by atoms with Crippen molar-refractivity contribution in [1.82, 2.24) is 15.0 Å². The van der Waals surface area contributed by atoms with Crippen molar-refractivity contribution in [3.8, 4) is 45.2 Å². The summed E-state index contributed by atoms with van der Waals surface area (Å²) in [5.74, 6) is 0.713. The van der Waals surface area contributed by atoms with Gasteiger partial charge in [0, 0.05) is 58.6 Å². The minimum absolute atomic E-state index is 0.713. The second-order valence-electron chi connectivity index (χ2n) is 11.2. The van der Waals surface area contributed by atoms with E-state index >= 15 is 0 Å². The van der Waals surface area contributed by atoms with Gasteiger partial charge in [0.15, 0.2) is 5.82 Å². The highest BCUT2D eigenvalue weighted by Crippen LogP contribution is 2.43. The number of pyridine rings is 1. The molecule has 0 amide bonds. The van der Waals surface area contributed by atoms with Gasteiger partial charge in [-0.05, 0) is 24.3 Å². The number of rotatable bonds is 4. The Bertz CT molecular complexity index is 2460. The molecule has 0 unspecified atom stereocenters. The maximum atomic E-state index is 5.23. The van der Waals surface area contributed by atoms with Crippen LogP contribution in [0.4, 0.5) is 0 Å². The largest absolute Gasteiger partial charge is 0.247 e. The fourth-order valence-corrected chi connectivity index (χ4v) is 7.46. The summed E-state index contributed by atoms with van der Waals surface area (Å²) in [6, 6.07) is 52.9. The van der Waals surface area contributed by atoms with Crippen LogP contribution >= 0.6 is 11.3 Å². The number of hydrogen-bond acceptors (Lipinski definition) is 4. The van der Waals surface area contributed by atoms with E-state index in [4.69, 9.17) is 15.0 Å². The zero-order chi connectivity index (χ0) is 29.7. The van der Waals surface area contributed by atoms with Gasteiger partial charge in [-0.3, -0.25) is 0 Å². The van der Waals surface area contributed by atoms with Gasteiger partial charge in [0.2, 0.25) is 0 Å². The van der Waals surface area contributed by atoms with Gasteiger partial charge in [-0.1, -0.05) is 127 Å². The van der Waals surface area contributed by atoms with Gasteiger partial charge in [-0.15, -0.1) is 11.3 Å². The van der Waals surface area contributed by atoms with Gasteiger partial charge in [-0.25, -0.2) is 15.0 Å². The van der Waals surface area contributed by atoms with E-state index in [1.54, 1.807) is 0 Å². The zero-order valence-electron chi connectivity index (χ0n) is 24.2. The number of hydrogen-bond donors (Lipinski definition) is 0. The Kier molecular flexibility index (Phi) is 6.00. The van der Waals surface area contributed by atoms with Crippen LogP contribution in [-0.4, -0.2) is 15.0 Å². The predicted molar refractivity (Wildman–Crippen MR) is 189 cm³/mol. The summed E-state index contributed by atoms with van der Waals surface area (Å²) in [4.78, 5) is 15.2. The topological polar surface area (TPSA) is 38.7 Å². The molecule has 0 bridgehead atoms. The minimum atomic E-state index is 0.713. The van der Waals surface area contributed by atoms with Gasteiger partial charge in [0.25, 0.3) is 0 Å². The third-order valence-corrected chi connectivity index (χ3v) is 9.62. The lowest BCUT2D eigenvalue weighted by Crippen LogP contribution is -1.96. The summed E-state index contributed by atoms with van der Waals surface area (Å²) in [7, 11) is 0. The van der Waals surface area contributed by atoms with Crippen molar-refractivity contribution in [3.63, 3.8) is 0 Å². The lowest BCUT2D eigenvalue weighted by molar-refractivity contribution is 1.18. The van der Waals surface area contributed by atoms with Crippen LogP contribution in [0.25, 0.3) is 87.0 Å². The molecule has 0 saturated heterocycles. The maximum absolute atomic E-state index is 5.23. The molecular formula is C41H25N3S. The molecule has 210 valence electrons. The third-order valence-electron chi connectivity index (χ3n) is 8.49. The molecule has 0 fully saturated rings. The molecule has 0 atom stereocenters. The number of thiophene rings is 1. The monoisotopic (exact) mass is 591 g/mol. The van der Waals surface area contributed by atoms with E-state index < -0.39 is 0 Å². The van der Waals surface area contributed by atoms with Crippen molar-refractivity contribution in [3.05, 3.63) is 152 Å². The summed E-state index contributed by atoms with van der Waals surface area (Å²) >= 11 is 1.85. The van der Waals surface area contributed by atoms with E-state index in [2.05, 4.69) is 115 Å². The summed E-state index contributed by atoms with van der Waals surface area (Å²) in [5, 5.41) is 6.23. The van der Waals surface area contributed by atoms with Crippen LogP contribution in [0, 0.1) is 0 Å². The van der Waals surface area contributed by atoms with Crippen molar-refractivity contribution in [2.24, 2.45) is 0 Å². The number of para-hydroxylation sites is 1. The molecule has 9 aromatic rings. The van der Waals surface area contributed by atoms with E-state index in [0.29, 0.717) is 5.82 Å². The zero-order valence-corrected chi connectivity index (χ0v) is 25.0. The lowest BCUT2D eigenvalue weighted by atomic mass is 9.95. The molecule has 0 aliphatic rings. The average Bonchev–Trinajstić information content (AvgIpc) is 3.51. The first kappa shape index (κ1) is 25.8. The molecule has 9 rings (SSSR count). The Balaban J connectivity index is 1.22. The molecule has 3 nitrogen and oxygen atoms in total. The standard InChI is InChI=1S/C41H25N3S/c1-3-11-26(12-4-1)34-25-35(44-41(43-34)29-13-5-2-6-14-29)27-19-21-28(22-20-27)40-32-23-24-37-39(31-16-8-10-18-36(31)45-37)38(32)30-15-7-9-17-33(30)42-40/h1-25H. The number of benzene rings is 6. The fourth-order valence-electron chi connectivity index (χ4n) is 6.34. The Labute approximate surface area is 264 Å². The van der Waals surface area contributed by atoms with Gasteiger partial charge in [0.05, 0.1) is 22.6 Å². The quantitative estimate of drug-likeness (QED) is 0.191. The van der Waals surface area contributed by atoms with Crippen LogP contribution in [0.15, 0.2) is 152 Å². The Morgan fingerprint density at radius 3 is 1.73 bits per heavy atom. The Hall–Kier alpha value is -5.71. The van der Waals surface area contributed by atoms with Crippen LogP contribution in [0.3, 0.4) is 0 Å². The molecule has 0 radical (unpaired) electrons. The first-order valence-corrected chi connectivity index (χ1v) is 15.9. The summed E-state index contributed by atoms with van der Waals surface area (Å²) in [6.07, 6.45) is 0. The molecule has 6 aromatic carbocycles. The third kappa shape index (κ3) is 4.38. The molecule has 0 spiro atoms. The highest BCUT2D eigenvalue weighted by Gasteiger charge is 2.17. The number of fused-ring (bicyclic) bond motifs is 7. The van der Waals surface area contributed by atoms with E-state index in [1.165, 1.54) is 30.9 Å². The SMILES string of the molecule is c1ccc(-c2cc(-c3ccc(-c4nc5ccccc5c5c4ccc4sc6ccccc6c45)cc3)nc(-c3ccccc3)n2)cc1. The van der Waals surface area contributed by atoms with Gasteiger partial charge in [-0.2, -0.15) is 0 Å². The average molecular weight is 592 g/mol. The highest BCUT2D eigenvalue weighted by molar-refractivity contribution is 7.26. The summed E-state index contributed by atoms with van der Waals surface area (Å²) in [5.41, 5.74) is 7.95. The van der Waals surface area contributed by atoms with Gasteiger partial charge in [0.1, 0.15) is 0 Å². The van der Waals surface area contributed by atoms with E-state index in [0.717, 1.165) is 50.2 Å². The second kappa shape index (κ2) is 10.5. The second-order valence-corrected chi connectivity index (χ2v) is 12.3. The Morgan fingerprint density at radius 1 is 0.378 bits per heavy atom. The van der Waals surface area contributed by atoms with Crippen molar-refractivity contribution >= 4 is 53.2 Å². The van der Waals surface area contributed by atoms with Crippen LogP contribution in [0.5, 0.6) is 0 Å². The smallest absolute Gasteiger partial charge is 0.160 e. The van der Waals surface area contributed by atoms with Crippen molar-refractivity contribution in [1.29, 1.82) is 0 Å². The van der Waals surface area contributed by atoms with Crippen LogP contribution in [0.2, 0.25) is 0 Å². The minimum Gasteiger partial charge on any atom is -0.247 e. The summed E-state index contributed by atoms with van der Waals surface area (Å²) in [6.45, 7) is 0. The lowest BCUT2D eigenvalue weighted by Gasteiger charge is -2.13. The first-order chi connectivity index (χ1) is 22.3. The van der Waals surface area contributed by atoms with E-state index in [1.807, 2.05) is 47.7 Å². The predicted octanol–water partition coefficient (Wildman–Crippen LogP) is 11.2. The van der Waals surface area contributed by atoms with Crippen molar-refractivity contribution < 1.29 is 0 Å².